The lowest BCUT2D eigenvalue weighted by Crippen LogP contribution is -2.23. The van der Waals surface area contributed by atoms with E-state index in [1.54, 1.807) is 24.3 Å². The number of hydrazone groups is 1. The van der Waals surface area contributed by atoms with Crippen molar-refractivity contribution in [2.24, 2.45) is 10.8 Å². The first-order chi connectivity index (χ1) is 9.56. The fraction of sp³-hybridized carbons (Fsp3) is 0. The number of nitrogens with zero attached hydrogens (tertiary/aromatic N) is 2. The number of benzene rings is 1. The molecule has 0 amide bonds. The minimum absolute atomic E-state index is 0.00395. The predicted molar refractivity (Wildman–Crippen MR) is 78.3 cm³/mol. The lowest BCUT2D eigenvalue weighted by atomic mass is 10.1. The van der Waals surface area contributed by atoms with Crippen molar-refractivity contribution in [3.05, 3.63) is 52.3 Å². The van der Waals surface area contributed by atoms with Crippen LogP contribution in [0.3, 0.4) is 0 Å². The van der Waals surface area contributed by atoms with Crippen LogP contribution < -0.4 is 11.2 Å². The van der Waals surface area contributed by atoms with Gasteiger partial charge in [-0.1, -0.05) is 12.1 Å². The Kier molecular flexibility index (Phi) is 4.06. The SMILES string of the molecule is NC(=S)N/N=C\c1ccc(-c2cccc([N+](=O)[O-])c2)o1. The van der Waals surface area contributed by atoms with Gasteiger partial charge in [-0.05, 0) is 24.4 Å². The van der Waals surface area contributed by atoms with Gasteiger partial charge in [0.05, 0.1) is 11.1 Å². The number of nitrogens with one attached hydrogen (secondary N) is 1. The minimum atomic E-state index is -0.457. The summed E-state index contributed by atoms with van der Waals surface area (Å²) in [4.78, 5) is 10.3. The first-order valence-electron chi connectivity index (χ1n) is 5.49. The highest BCUT2D eigenvalue weighted by Crippen LogP contribution is 2.25. The fourth-order valence-corrected chi connectivity index (χ4v) is 1.56. The predicted octanol–water partition coefficient (Wildman–Crippen LogP) is 2.02. The number of hydrogen-bond donors (Lipinski definition) is 2. The largest absolute Gasteiger partial charge is 0.455 e. The summed E-state index contributed by atoms with van der Waals surface area (Å²) in [5, 5.41) is 14.5. The van der Waals surface area contributed by atoms with Crippen LogP contribution in [0, 0.1) is 10.1 Å². The topological polar surface area (TPSA) is 107 Å². The van der Waals surface area contributed by atoms with Gasteiger partial charge in [0.15, 0.2) is 5.11 Å². The monoisotopic (exact) mass is 290 g/mol. The van der Waals surface area contributed by atoms with Crippen LogP contribution in [0.2, 0.25) is 0 Å². The van der Waals surface area contributed by atoms with Crippen LogP contribution in [-0.4, -0.2) is 16.3 Å². The Morgan fingerprint density at radius 1 is 1.45 bits per heavy atom. The summed E-state index contributed by atoms with van der Waals surface area (Å²) in [6.07, 6.45) is 1.40. The Labute approximate surface area is 119 Å². The van der Waals surface area contributed by atoms with Gasteiger partial charge < -0.3 is 10.2 Å². The number of nitro benzene ring substituents is 1. The van der Waals surface area contributed by atoms with E-state index < -0.39 is 4.92 Å². The van der Waals surface area contributed by atoms with Crippen LogP contribution in [-0.2, 0) is 0 Å². The fourth-order valence-electron chi connectivity index (χ4n) is 1.51. The molecule has 0 unspecified atom stereocenters. The summed E-state index contributed by atoms with van der Waals surface area (Å²) < 4.78 is 5.49. The van der Waals surface area contributed by atoms with Crippen LogP contribution in [0.15, 0.2) is 45.9 Å². The standard InChI is InChI=1S/C12H10N4O3S/c13-12(20)15-14-7-10-4-5-11(19-10)8-2-1-3-9(6-8)16(17)18/h1-7H,(H3,13,15,20)/b14-7-. The van der Waals surface area contributed by atoms with E-state index in [0.717, 1.165) is 0 Å². The van der Waals surface area contributed by atoms with E-state index in [-0.39, 0.29) is 10.8 Å². The first-order valence-corrected chi connectivity index (χ1v) is 5.90. The third kappa shape index (κ3) is 3.39. The Morgan fingerprint density at radius 3 is 2.95 bits per heavy atom. The van der Waals surface area contributed by atoms with Gasteiger partial charge in [0.25, 0.3) is 5.69 Å². The summed E-state index contributed by atoms with van der Waals surface area (Å²) in [6, 6.07) is 9.55. The van der Waals surface area contributed by atoms with Crippen molar-refractivity contribution in [3.63, 3.8) is 0 Å². The minimum Gasteiger partial charge on any atom is -0.455 e. The number of non-ortho nitro benzene ring substituents is 1. The van der Waals surface area contributed by atoms with Gasteiger partial charge in [-0.3, -0.25) is 15.5 Å². The van der Waals surface area contributed by atoms with E-state index in [1.807, 2.05) is 0 Å². The molecule has 0 aliphatic carbocycles. The average Bonchev–Trinajstić information content (AvgIpc) is 2.87. The molecular formula is C12H10N4O3S. The summed E-state index contributed by atoms with van der Waals surface area (Å²) in [5.74, 6) is 0.973. The molecule has 0 saturated carbocycles. The highest BCUT2D eigenvalue weighted by Gasteiger charge is 2.09. The molecule has 3 N–H and O–H groups in total. The molecule has 1 aromatic carbocycles. The molecule has 0 bridgehead atoms. The Balaban J connectivity index is 2.20. The molecule has 2 rings (SSSR count). The summed E-state index contributed by atoms with van der Waals surface area (Å²) in [7, 11) is 0. The molecule has 0 radical (unpaired) electrons. The molecule has 102 valence electrons. The molecule has 0 aliphatic rings. The van der Waals surface area contributed by atoms with Crippen LogP contribution in [0.25, 0.3) is 11.3 Å². The summed E-state index contributed by atoms with van der Waals surface area (Å²) in [6.45, 7) is 0. The van der Waals surface area contributed by atoms with Gasteiger partial charge in [-0.15, -0.1) is 0 Å². The molecule has 0 spiro atoms. The third-order valence-corrected chi connectivity index (χ3v) is 2.43. The van der Waals surface area contributed by atoms with Gasteiger partial charge in [0.2, 0.25) is 0 Å². The number of furan rings is 1. The van der Waals surface area contributed by atoms with Crippen molar-refractivity contribution < 1.29 is 9.34 Å². The first kappa shape index (κ1) is 13.7. The maximum absolute atomic E-state index is 10.7. The zero-order valence-electron chi connectivity index (χ0n) is 10.1. The van der Waals surface area contributed by atoms with E-state index in [1.165, 1.54) is 18.3 Å². The maximum atomic E-state index is 10.7. The number of nitro groups is 1. The quantitative estimate of drug-likeness (QED) is 0.386. The average molecular weight is 290 g/mol. The van der Waals surface area contributed by atoms with Crippen molar-refractivity contribution in [1.82, 2.24) is 5.43 Å². The normalized spacial score (nSPS) is 10.6. The number of nitrogens with two attached hydrogens (primary N) is 1. The molecule has 7 nitrogen and oxygen atoms in total. The summed E-state index contributed by atoms with van der Waals surface area (Å²) >= 11 is 4.59. The number of hydrogen-bond acceptors (Lipinski definition) is 5. The van der Waals surface area contributed by atoms with E-state index in [9.17, 15) is 10.1 Å². The van der Waals surface area contributed by atoms with Crippen molar-refractivity contribution in [2.45, 2.75) is 0 Å². The molecular weight excluding hydrogens is 280 g/mol. The number of thiocarbonyl (C=S) groups is 1. The van der Waals surface area contributed by atoms with Gasteiger partial charge in [0, 0.05) is 17.7 Å². The Bertz CT molecular complexity index is 681. The van der Waals surface area contributed by atoms with E-state index in [0.29, 0.717) is 17.1 Å². The van der Waals surface area contributed by atoms with E-state index in [2.05, 4.69) is 22.7 Å². The lowest BCUT2D eigenvalue weighted by Gasteiger charge is -1.97. The van der Waals surface area contributed by atoms with Crippen molar-refractivity contribution in [2.75, 3.05) is 0 Å². The molecule has 2 aromatic rings. The van der Waals surface area contributed by atoms with E-state index in [4.69, 9.17) is 10.2 Å². The second kappa shape index (κ2) is 5.93. The smallest absolute Gasteiger partial charge is 0.270 e. The lowest BCUT2D eigenvalue weighted by molar-refractivity contribution is -0.384. The molecule has 20 heavy (non-hydrogen) atoms. The van der Waals surface area contributed by atoms with E-state index >= 15 is 0 Å². The number of rotatable bonds is 4. The van der Waals surface area contributed by atoms with Gasteiger partial charge in [0.1, 0.15) is 11.5 Å². The second-order valence-electron chi connectivity index (χ2n) is 3.74. The highest BCUT2D eigenvalue weighted by molar-refractivity contribution is 7.80. The third-order valence-electron chi connectivity index (χ3n) is 2.33. The van der Waals surface area contributed by atoms with Gasteiger partial charge >= 0.3 is 0 Å². The molecule has 0 aliphatic heterocycles. The Morgan fingerprint density at radius 2 is 2.25 bits per heavy atom. The van der Waals surface area contributed by atoms with Crippen LogP contribution in [0.4, 0.5) is 5.69 Å². The van der Waals surface area contributed by atoms with Gasteiger partial charge in [-0.25, -0.2) is 0 Å². The second-order valence-corrected chi connectivity index (χ2v) is 4.18. The van der Waals surface area contributed by atoms with Gasteiger partial charge in [-0.2, -0.15) is 5.10 Å². The zero-order valence-corrected chi connectivity index (χ0v) is 11.0. The Hall–Kier alpha value is -2.74. The van der Waals surface area contributed by atoms with Crippen molar-refractivity contribution in [3.8, 4) is 11.3 Å². The van der Waals surface area contributed by atoms with Crippen molar-refractivity contribution >= 4 is 29.2 Å². The molecule has 1 heterocycles. The molecule has 0 atom stereocenters. The summed E-state index contributed by atoms with van der Waals surface area (Å²) in [5.41, 5.74) is 8.22. The highest BCUT2D eigenvalue weighted by atomic mass is 32.1. The molecule has 0 fully saturated rings. The zero-order chi connectivity index (χ0) is 14.5. The molecule has 0 saturated heterocycles. The van der Waals surface area contributed by atoms with Crippen molar-refractivity contribution in [1.29, 1.82) is 0 Å². The maximum Gasteiger partial charge on any atom is 0.270 e. The van der Waals surface area contributed by atoms with Crippen LogP contribution in [0.5, 0.6) is 0 Å². The molecule has 1 aromatic heterocycles. The van der Waals surface area contributed by atoms with Crippen LogP contribution >= 0.6 is 12.2 Å². The van der Waals surface area contributed by atoms with Crippen LogP contribution in [0.1, 0.15) is 5.76 Å². The molecule has 8 heteroatoms.